The van der Waals surface area contributed by atoms with E-state index in [1.165, 1.54) is 12.8 Å². The molecule has 0 aliphatic carbocycles. The summed E-state index contributed by atoms with van der Waals surface area (Å²) in [5.41, 5.74) is 1.09. The molecular formula is C20H32N2O2. The molecule has 1 aliphatic rings. The van der Waals surface area contributed by atoms with Gasteiger partial charge in [0.1, 0.15) is 6.10 Å². The van der Waals surface area contributed by atoms with Crippen LogP contribution in [0, 0.1) is 5.92 Å². The quantitative estimate of drug-likeness (QED) is 0.755. The average Bonchev–Trinajstić information content (AvgIpc) is 3.11. The van der Waals surface area contributed by atoms with Gasteiger partial charge in [-0.05, 0) is 50.8 Å². The SMILES string of the molecule is CC(C)C[C@@H](CNC(=O)[C@@H](C)OCc1ccccc1)N1CCCC1. The lowest BCUT2D eigenvalue weighted by atomic mass is 10.0. The molecule has 1 aliphatic heterocycles. The number of nitrogens with zero attached hydrogens (tertiary/aromatic N) is 1. The molecule has 1 fully saturated rings. The van der Waals surface area contributed by atoms with E-state index in [-0.39, 0.29) is 5.91 Å². The van der Waals surface area contributed by atoms with Crippen LogP contribution >= 0.6 is 0 Å². The van der Waals surface area contributed by atoms with Gasteiger partial charge in [-0.25, -0.2) is 0 Å². The van der Waals surface area contributed by atoms with Crippen molar-refractivity contribution in [3.63, 3.8) is 0 Å². The minimum Gasteiger partial charge on any atom is -0.364 e. The van der Waals surface area contributed by atoms with E-state index in [4.69, 9.17) is 4.74 Å². The highest BCUT2D eigenvalue weighted by atomic mass is 16.5. The smallest absolute Gasteiger partial charge is 0.248 e. The molecule has 1 saturated heterocycles. The van der Waals surface area contributed by atoms with Crippen LogP contribution in [0.1, 0.15) is 45.6 Å². The van der Waals surface area contributed by atoms with Crippen molar-refractivity contribution in [1.29, 1.82) is 0 Å². The number of likely N-dealkylation sites (tertiary alicyclic amines) is 1. The summed E-state index contributed by atoms with van der Waals surface area (Å²) in [6.07, 6.45) is 3.25. The van der Waals surface area contributed by atoms with Crippen molar-refractivity contribution in [2.24, 2.45) is 5.92 Å². The second kappa shape index (κ2) is 9.80. The summed E-state index contributed by atoms with van der Waals surface area (Å²) >= 11 is 0. The normalized spacial score (nSPS) is 17.8. The molecule has 2 atom stereocenters. The summed E-state index contributed by atoms with van der Waals surface area (Å²) in [5, 5.41) is 3.10. The third-order valence-electron chi connectivity index (χ3n) is 4.62. The molecule has 1 N–H and O–H groups in total. The summed E-state index contributed by atoms with van der Waals surface area (Å²) in [6.45, 7) is 9.83. The number of amides is 1. The van der Waals surface area contributed by atoms with Gasteiger partial charge >= 0.3 is 0 Å². The van der Waals surface area contributed by atoms with Crippen molar-refractivity contribution >= 4 is 5.91 Å². The number of benzene rings is 1. The van der Waals surface area contributed by atoms with Gasteiger partial charge in [0.05, 0.1) is 6.61 Å². The van der Waals surface area contributed by atoms with Gasteiger partial charge in [-0.15, -0.1) is 0 Å². The Hall–Kier alpha value is -1.39. The Morgan fingerprint density at radius 3 is 2.46 bits per heavy atom. The van der Waals surface area contributed by atoms with Crippen molar-refractivity contribution in [2.75, 3.05) is 19.6 Å². The first kappa shape index (κ1) is 18.9. The largest absolute Gasteiger partial charge is 0.364 e. The van der Waals surface area contributed by atoms with E-state index < -0.39 is 6.10 Å². The number of carbonyl (C=O) groups is 1. The van der Waals surface area contributed by atoms with Crippen molar-refractivity contribution in [1.82, 2.24) is 10.2 Å². The molecule has 0 aromatic heterocycles. The van der Waals surface area contributed by atoms with Gasteiger partial charge in [-0.3, -0.25) is 9.69 Å². The maximum absolute atomic E-state index is 12.3. The Morgan fingerprint density at radius 1 is 1.17 bits per heavy atom. The zero-order valence-corrected chi connectivity index (χ0v) is 15.3. The topological polar surface area (TPSA) is 41.6 Å². The summed E-state index contributed by atoms with van der Waals surface area (Å²) < 4.78 is 5.70. The lowest BCUT2D eigenvalue weighted by Crippen LogP contribution is -2.45. The van der Waals surface area contributed by atoms with Crippen LogP contribution in [0.4, 0.5) is 0 Å². The average molecular weight is 332 g/mol. The molecule has 4 heteroatoms. The predicted molar refractivity (Wildman–Crippen MR) is 97.8 cm³/mol. The number of carbonyl (C=O) groups excluding carboxylic acids is 1. The van der Waals surface area contributed by atoms with Gasteiger partial charge in [0.2, 0.25) is 5.91 Å². The molecule has 1 aromatic rings. The molecule has 0 saturated carbocycles. The fourth-order valence-electron chi connectivity index (χ4n) is 3.25. The molecule has 0 unspecified atom stereocenters. The summed E-state index contributed by atoms with van der Waals surface area (Å²) in [6, 6.07) is 10.4. The van der Waals surface area contributed by atoms with Gasteiger partial charge < -0.3 is 10.1 Å². The zero-order valence-electron chi connectivity index (χ0n) is 15.3. The van der Waals surface area contributed by atoms with Crippen LogP contribution in [-0.4, -0.2) is 42.6 Å². The second-order valence-corrected chi connectivity index (χ2v) is 7.21. The fourth-order valence-corrected chi connectivity index (χ4v) is 3.25. The molecule has 1 amide bonds. The van der Waals surface area contributed by atoms with Crippen LogP contribution in [0.2, 0.25) is 0 Å². The first-order valence-electron chi connectivity index (χ1n) is 9.23. The van der Waals surface area contributed by atoms with E-state index in [1.807, 2.05) is 37.3 Å². The van der Waals surface area contributed by atoms with Crippen LogP contribution < -0.4 is 5.32 Å². The van der Waals surface area contributed by atoms with Crippen LogP contribution in [0.15, 0.2) is 30.3 Å². The number of hydrogen-bond acceptors (Lipinski definition) is 3. The summed E-state index contributed by atoms with van der Waals surface area (Å²) in [7, 11) is 0. The molecule has 4 nitrogen and oxygen atoms in total. The van der Waals surface area contributed by atoms with E-state index in [0.29, 0.717) is 18.6 Å². The lowest BCUT2D eigenvalue weighted by molar-refractivity contribution is -0.132. The van der Waals surface area contributed by atoms with Crippen LogP contribution in [0.25, 0.3) is 0 Å². The molecule has 1 aromatic carbocycles. The van der Waals surface area contributed by atoms with E-state index in [1.54, 1.807) is 0 Å². The minimum atomic E-state index is -0.427. The van der Waals surface area contributed by atoms with E-state index in [9.17, 15) is 4.79 Å². The molecular weight excluding hydrogens is 300 g/mol. The third kappa shape index (κ3) is 6.25. The van der Waals surface area contributed by atoms with Gasteiger partial charge in [-0.1, -0.05) is 44.2 Å². The molecule has 1 heterocycles. The molecule has 0 bridgehead atoms. The van der Waals surface area contributed by atoms with E-state index in [0.717, 1.165) is 31.6 Å². The molecule has 24 heavy (non-hydrogen) atoms. The van der Waals surface area contributed by atoms with Crippen molar-refractivity contribution in [2.45, 2.75) is 58.8 Å². The summed E-state index contributed by atoms with van der Waals surface area (Å²) in [4.78, 5) is 14.8. The molecule has 0 radical (unpaired) electrons. The Balaban J connectivity index is 1.76. The third-order valence-corrected chi connectivity index (χ3v) is 4.62. The van der Waals surface area contributed by atoms with E-state index in [2.05, 4.69) is 24.1 Å². The highest BCUT2D eigenvalue weighted by molar-refractivity contribution is 5.80. The monoisotopic (exact) mass is 332 g/mol. The molecule has 134 valence electrons. The highest BCUT2D eigenvalue weighted by Crippen LogP contribution is 2.17. The Labute approximate surface area is 146 Å². The Kier molecular flexibility index (Phi) is 7.73. The van der Waals surface area contributed by atoms with Gasteiger partial charge in [0.15, 0.2) is 0 Å². The Morgan fingerprint density at radius 2 is 1.83 bits per heavy atom. The van der Waals surface area contributed by atoms with Crippen molar-refractivity contribution in [3.8, 4) is 0 Å². The van der Waals surface area contributed by atoms with Gasteiger partial charge in [-0.2, -0.15) is 0 Å². The van der Waals surface area contributed by atoms with Gasteiger partial charge in [0, 0.05) is 12.6 Å². The summed E-state index contributed by atoms with van der Waals surface area (Å²) in [5.74, 6) is 0.623. The number of ether oxygens (including phenoxy) is 1. The number of rotatable bonds is 9. The predicted octanol–water partition coefficient (Wildman–Crippen LogP) is 3.22. The minimum absolute atomic E-state index is 0.0149. The first-order valence-corrected chi connectivity index (χ1v) is 9.23. The first-order chi connectivity index (χ1) is 11.6. The zero-order chi connectivity index (χ0) is 17.4. The maximum Gasteiger partial charge on any atom is 0.248 e. The molecule has 2 rings (SSSR count). The Bertz CT molecular complexity index is 484. The molecule has 0 spiro atoms. The van der Waals surface area contributed by atoms with Crippen molar-refractivity contribution < 1.29 is 9.53 Å². The second-order valence-electron chi connectivity index (χ2n) is 7.21. The van der Waals surface area contributed by atoms with Crippen LogP contribution in [-0.2, 0) is 16.1 Å². The van der Waals surface area contributed by atoms with Crippen LogP contribution in [0.3, 0.4) is 0 Å². The van der Waals surface area contributed by atoms with Crippen LogP contribution in [0.5, 0.6) is 0 Å². The number of nitrogens with one attached hydrogen (secondary N) is 1. The maximum atomic E-state index is 12.3. The standard InChI is InChI=1S/C20H32N2O2/c1-16(2)13-19(22-11-7-8-12-22)14-21-20(23)17(3)24-15-18-9-5-4-6-10-18/h4-6,9-10,16-17,19H,7-8,11-15H2,1-3H3,(H,21,23)/t17-,19+/m1/s1. The van der Waals surface area contributed by atoms with Gasteiger partial charge in [0.25, 0.3) is 0 Å². The highest BCUT2D eigenvalue weighted by Gasteiger charge is 2.24. The number of hydrogen-bond donors (Lipinski definition) is 1. The fraction of sp³-hybridized carbons (Fsp3) is 0.650. The lowest BCUT2D eigenvalue weighted by Gasteiger charge is -2.29. The van der Waals surface area contributed by atoms with E-state index >= 15 is 0 Å². The van der Waals surface area contributed by atoms with Crippen molar-refractivity contribution in [3.05, 3.63) is 35.9 Å².